The molecule has 9 heteroatoms. The zero-order valence-corrected chi connectivity index (χ0v) is 11.1. The number of furan rings is 1. The Morgan fingerprint density at radius 2 is 2.05 bits per heavy atom. The van der Waals surface area contributed by atoms with Gasteiger partial charge >= 0.3 is 6.18 Å². The van der Waals surface area contributed by atoms with Crippen molar-refractivity contribution in [2.75, 3.05) is 0 Å². The maximum Gasteiger partial charge on any atom is 0.417 e. The van der Waals surface area contributed by atoms with Gasteiger partial charge in [-0.15, -0.1) is 10.2 Å². The Kier molecular flexibility index (Phi) is 3.14. The standard InChI is InChI=1S/C12H8ClF3N4O/c13-8-3-6(12(14,15)16)5-20-10(8)18-19-11(20)9-2-1-7(4-17)21-9/h1-3,5H,4,17H2. The van der Waals surface area contributed by atoms with Crippen molar-refractivity contribution in [1.29, 1.82) is 0 Å². The predicted molar refractivity (Wildman–Crippen MR) is 68.6 cm³/mol. The van der Waals surface area contributed by atoms with E-state index in [-0.39, 0.29) is 28.8 Å². The molecule has 0 aliphatic rings. The van der Waals surface area contributed by atoms with Crippen LogP contribution in [-0.2, 0) is 12.7 Å². The SMILES string of the molecule is NCc1ccc(-c2nnc3c(Cl)cc(C(F)(F)F)cn23)o1. The summed E-state index contributed by atoms with van der Waals surface area (Å²) in [6.45, 7) is 0.172. The quantitative estimate of drug-likeness (QED) is 0.788. The highest BCUT2D eigenvalue weighted by Crippen LogP contribution is 2.33. The average Bonchev–Trinajstić information content (AvgIpc) is 3.03. The summed E-state index contributed by atoms with van der Waals surface area (Å²) in [6.07, 6.45) is -3.65. The summed E-state index contributed by atoms with van der Waals surface area (Å²) < 4.78 is 45.0. The first-order chi connectivity index (χ1) is 9.90. The van der Waals surface area contributed by atoms with Gasteiger partial charge in [-0.25, -0.2) is 0 Å². The monoisotopic (exact) mass is 316 g/mol. The number of aromatic nitrogens is 3. The van der Waals surface area contributed by atoms with Gasteiger partial charge in [0.25, 0.3) is 0 Å². The Balaban J connectivity index is 2.22. The first kappa shape index (κ1) is 13.9. The van der Waals surface area contributed by atoms with E-state index in [4.69, 9.17) is 21.8 Å². The number of halogens is 4. The maximum atomic E-state index is 12.8. The van der Waals surface area contributed by atoms with E-state index in [1.165, 1.54) is 0 Å². The summed E-state index contributed by atoms with van der Waals surface area (Å²) in [5.74, 6) is 0.871. The van der Waals surface area contributed by atoms with E-state index in [0.717, 1.165) is 16.7 Å². The Bertz CT molecular complexity index is 809. The van der Waals surface area contributed by atoms with Gasteiger partial charge in [0.1, 0.15) is 5.76 Å². The molecule has 0 saturated heterocycles. The van der Waals surface area contributed by atoms with Crippen LogP contribution in [0.25, 0.3) is 17.2 Å². The maximum absolute atomic E-state index is 12.8. The normalized spacial score (nSPS) is 12.2. The van der Waals surface area contributed by atoms with Gasteiger partial charge in [0.2, 0.25) is 5.82 Å². The Hall–Kier alpha value is -2.06. The number of fused-ring (bicyclic) bond motifs is 1. The lowest BCUT2D eigenvalue weighted by Crippen LogP contribution is -2.07. The lowest BCUT2D eigenvalue weighted by molar-refractivity contribution is -0.137. The van der Waals surface area contributed by atoms with Gasteiger partial charge in [-0.3, -0.25) is 4.40 Å². The molecule has 21 heavy (non-hydrogen) atoms. The minimum atomic E-state index is -4.52. The molecule has 0 aliphatic carbocycles. The topological polar surface area (TPSA) is 69.3 Å². The summed E-state index contributed by atoms with van der Waals surface area (Å²) in [7, 11) is 0. The predicted octanol–water partition coefficient (Wildman–Crippen LogP) is 3.12. The minimum Gasteiger partial charge on any atom is -0.456 e. The molecule has 0 amide bonds. The van der Waals surface area contributed by atoms with Gasteiger partial charge in [0.05, 0.1) is 17.1 Å². The van der Waals surface area contributed by atoms with Crippen LogP contribution >= 0.6 is 11.6 Å². The molecular weight excluding hydrogens is 309 g/mol. The molecule has 0 fully saturated rings. The molecule has 2 N–H and O–H groups in total. The molecule has 0 aromatic carbocycles. The van der Waals surface area contributed by atoms with Gasteiger partial charge in [-0.1, -0.05) is 11.6 Å². The number of hydrogen-bond acceptors (Lipinski definition) is 4. The summed E-state index contributed by atoms with van der Waals surface area (Å²) in [5.41, 5.74) is 4.65. The zero-order valence-electron chi connectivity index (χ0n) is 10.4. The molecule has 0 unspecified atom stereocenters. The highest BCUT2D eigenvalue weighted by molar-refractivity contribution is 6.33. The van der Waals surface area contributed by atoms with Crippen LogP contribution in [0.4, 0.5) is 13.2 Å². The van der Waals surface area contributed by atoms with Crippen LogP contribution in [0.5, 0.6) is 0 Å². The van der Waals surface area contributed by atoms with Crippen molar-refractivity contribution in [2.24, 2.45) is 5.73 Å². The van der Waals surface area contributed by atoms with Gasteiger partial charge in [0, 0.05) is 6.20 Å². The molecule has 0 aliphatic heterocycles. The molecular formula is C12H8ClF3N4O. The fourth-order valence-corrected chi connectivity index (χ4v) is 2.13. The number of rotatable bonds is 2. The van der Waals surface area contributed by atoms with E-state index < -0.39 is 11.7 Å². The first-order valence-corrected chi connectivity index (χ1v) is 6.18. The van der Waals surface area contributed by atoms with E-state index in [0.29, 0.717) is 5.76 Å². The average molecular weight is 317 g/mol. The van der Waals surface area contributed by atoms with Crippen molar-refractivity contribution < 1.29 is 17.6 Å². The van der Waals surface area contributed by atoms with Crippen LogP contribution in [-0.4, -0.2) is 14.6 Å². The summed E-state index contributed by atoms with van der Waals surface area (Å²) in [4.78, 5) is 0. The molecule has 3 aromatic rings. The van der Waals surface area contributed by atoms with Gasteiger partial charge < -0.3 is 10.2 Å². The van der Waals surface area contributed by atoms with Crippen LogP contribution in [0.2, 0.25) is 5.02 Å². The smallest absolute Gasteiger partial charge is 0.417 e. The molecule has 0 radical (unpaired) electrons. The fourth-order valence-electron chi connectivity index (χ4n) is 1.88. The third-order valence-corrected chi connectivity index (χ3v) is 3.15. The number of pyridine rings is 1. The summed E-state index contributed by atoms with van der Waals surface area (Å²) in [6, 6.07) is 3.99. The second-order valence-corrected chi connectivity index (χ2v) is 4.67. The summed E-state index contributed by atoms with van der Waals surface area (Å²) >= 11 is 5.83. The highest BCUT2D eigenvalue weighted by Gasteiger charge is 2.32. The van der Waals surface area contributed by atoms with Crippen LogP contribution in [0.15, 0.2) is 28.8 Å². The van der Waals surface area contributed by atoms with Crippen molar-refractivity contribution in [3.05, 3.63) is 40.7 Å². The number of alkyl halides is 3. The van der Waals surface area contributed by atoms with Crippen molar-refractivity contribution in [3.8, 4) is 11.6 Å². The highest BCUT2D eigenvalue weighted by atomic mass is 35.5. The number of hydrogen-bond donors (Lipinski definition) is 1. The van der Waals surface area contributed by atoms with Crippen LogP contribution in [0.1, 0.15) is 11.3 Å². The van der Waals surface area contributed by atoms with Crippen molar-refractivity contribution in [3.63, 3.8) is 0 Å². The Labute approximate surface area is 121 Å². The van der Waals surface area contributed by atoms with Crippen LogP contribution in [0, 0.1) is 0 Å². The lowest BCUT2D eigenvalue weighted by atomic mass is 10.2. The third-order valence-electron chi connectivity index (χ3n) is 2.87. The largest absolute Gasteiger partial charge is 0.456 e. The molecule has 0 spiro atoms. The zero-order chi connectivity index (χ0) is 15.2. The first-order valence-electron chi connectivity index (χ1n) is 5.81. The van der Waals surface area contributed by atoms with Gasteiger partial charge in [0.15, 0.2) is 11.4 Å². The van der Waals surface area contributed by atoms with Crippen LogP contribution in [0.3, 0.4) is 0 Å². The lowest BCUT2D eigenvalue weighted by Gasteiger charge is -2.08. The van der Waals surface area contributed by atoms with Gasteiger partial charge in [-0.2, -0.15) is 13.2 Å². The Morgan fingerprint density at radius 1 is 1.29 bits per heavy atom. The minimum absolute atomic E-state index is 0.116. The fraction of sp³-hybridized carbons (Fsp3) is 0.167. The van der Waals surface area contributed by atoms with Gasteiger partial charge in [-0.05, 0) is 18.2 Å². The Morgan fingerprint density at radius 3 is 2.67 bits per heavy atom. The number of nitrogens with two attached hydrogens (primary N) is 1. The molecule has 5 nitrogen and oxygen atoms in total. The molecule has 110 valence electrons. The van der Waals surface area contributed by atoms with E-state index >= 15 is 0 Å². The van der Waals surface area contributed by atoms with Crippen LogP contribution < -0.4 is 5.73 Å². The molecule has 0 atom stereocenters. The third kappa shape index (κ3) is 2.36. The van der Waals surface area contributed by atoms with E-state index in [1.807, 2.05) is 0 Å². The second-order valence-electron chi connectivity index (χ2n) is 4.26. The molecule has 3 heterocycles. The molecule has 0 bridgehead atoms. The second kappa shape index (κ2) is 4.74. The molecule has 3 rings (SSSR count). The molecule has 0 saturated carbocycles. The van der Waals surface area contributed by atoms with Crippen molar-refractivity contribution >= 4 is 17.2 Å². The molecule has 3 aromatic heterocycles. The number of nitrogens with zero attached hydrogens (tertiary/aromatic N) is 3. The van der Waals surface area contributed by atoms with Crippen molar-refractivity contribution in [2.45, 2.75) is 12.7 Å². The summed E-state index contributed by atoms with van der Waals surface area (Å²) in [5, 5.41) is 7.45. The van der Waals surface area contributed by atoms with E-state index in [2.05, 4.69) is 10.2 Å². The van der Waals surface area contributed by atoms with E-state index in [1.54, 1.807) is 12.1 Å². The van der Waals surface area contributed by atoms with E-state index in [9.17, 15) is 13.2 Å². The van der Waals surface area contributed by atoms with Crippen molar-refractivity contribution in [1.82, 2.24) is 14.6 Å².